The summed E-state index contributed by atoms with van der Waals surface area (Å²) in [5, 5.41) is 12.9. The number of amides is 1. The van der Waals surface area contributed by atoms with Gasteiger partial charge >= 0.3 is 0 Å². The molecule has 1 amide bonds. The lowest BCUT2D eigenvalue weighted by Gasteiger charge is -2.49. The first kappa shape index (κ1) is 19.3. The first-order valence-corrected chi connectivity index (χ1v) is 9.71. The number of nitrogens with zero attached hydrogens (tertiary/aromatic N) is 1. The maximum Gasteiger partial charge on any atom is 0.221 e. The number of hydrogen-bond donors (Lipinski definition) is 3. The zero-order valence-corrected chi connectivity index (χ0v) is 16.6. The molecule has 148 valence electrons. The van der Waals surface area contributed by atoms with Gasteiger partial charge in [0.2, 0.25) is 5.91 Å². The Labute approximate surface area is 170 Å². The molecule has 1 saturated carbocycles. The van der Waals surface area contributed by atoms with Crippen LogP contribution in [0.5, 0.6) is 0 Å². The number of aliphatic hydroxyl groups is 1. The Hall–Kier alpha value is -3.02. The predicted molar refractivity (Wildman–Crippen MR) is 115 cm³/mol. The van der Waals surface area contributed by atoms with Crippen molar-refractivity contribution in [3.05, 3.63) is 72.4 Å². The van der Waals surface area contributed by atoms with Crippen molar-refractivity contribution in [1.82, 2.24) is 4.98 Å². The Morgan fingerprint density at radius 2 is 1.72 bits per heavy atom. The molecule has 1 aliphatic carbocycles. The van der Waals surface area contributed by atoms with Crippen LogP contribution in [0.2, 0.25) is 0 Å². The van der Waals surface area contributed by atoms with Crippen LogP contribution < -0.4 is 11.1 Å². The molecular weight excluding hydrogens is 362 g/mol. The third-order valence-corrected chi connectivity index (χ3v) is 5.42. The van der Waals surface area contributed by atoms with E-state index in [9.17, 15) is 9.90 Å². The summed E-state index contributed by atoms with van der Waals surface area (Å²) in [6.45, 7) is 3.30. The third-order valence-electron chi connectivity index (χ3n) is 5.42. The molecule has 0 saturated heterocycles. The molecule has 5 heteroatoms. The van der Waals surface area contributed by atoms with Gasteiger partial charge in [0.05, 0.1) is 23.2 Å². The fourth-order valence-corrected chi connectivity index (χ4v) is 4.28. The largest absolute Gasteiger partial charge is 0.390 e. The maximum absolute atomic E-state index is 11.5. The number of benzene rings is 2. The van der Waals surface area contributed by atoms with Crippen molar-refractivity contribution in [3.63, 3.8) is 0 Å². The van der Waals surface area contributed by atoms with Gasteiger partial charge in [0.25, 0.3) is 0 Å². The lowest BCUT2D eigenvalue weighted by atomic mass is 9.63. The molecule has 29 heavy (non-hydrogen) atoms. The Kier molecular flexibility index (Phi) is 4.73. The molecule has 1 fully saturated rings. The topological polar surface area (TPSA) is 88.2 Å². The number of rotatable bonds is 4. The van der Waals surface area contributed by atoms with Gasteiger partial charge in [-0.25, -0.2) is 0 Å². The Bertz CT molecular complexity index is 1040. The third kappa shape index (κ3) is 3.92. The smallest absolute Gasteiger partial charge is 0.221 e. The van der Waals surface area contributed by atoms with Crippen LogP contribution in [0.4, 0.5) is 5.69 Å². The van der Waals surface area contributed by atoms with Crippen LogP contribution in [0.15, 0.2) is 66.9 Å². The van der Waals surface area contributed by atoms with Gasteiger partial charge in [-0.2, -0.15) is 0 Å². The number of nitrogens with one attached hydrogen (secondary N) is 1. The van der Waals surface area contributed by atoms with Crippen molar-refractivity contribution < 1.29 is 9.90 Å². The molecule has 0 unspecified atom stereocenters. The quantitative estimate of drug-likeness (QED) is 0.630. The van der Waals surface area contributed by atoms with Crippen LogP contribution in [-0.4, -0.2) is 21.6 Å². The average molecular weight is 387 g/mol. The number of hydrogen-bond acceptors (Lipinski definition) is 4. The second kappa shape index (κ2) is 7.10. The van der Waals surface area contributed by atoms with Crippen LogP contribution in [-0.2, 0) is 10.3 Å². The van der Waals surface area contributed by atoms with Gasteiger partial charge < -0.3 is 16.2 Å². The van der Waals surface area contributed by atoms with Gasteiger partial charge in [0, 0.05) is 23.6 Å². The second-order valence-electron chi connectivity index (χ2n) is 8.25. The van der Waals surface area contributed by atoms with E-state index in [4.69, 9.17) is 5.73 Å². The van der Waals surface area contributed by atoms with Gasteiger partial charge in [-0.05, 0) is 37.0 Å². The predicted octanol–water partition coefficient (Wildman–Crippen LogP) is 4.07. The highest BCUT2D eigenvalue weighted by atomic mass is 16.3. The van der Waals surface area contributed by atoms with Crippen molar-refractivity contribution in [2.24, 2.45) is 5.73 Å². The number of nitrogens with two attached hydrogens (primary N) is 1. The molecule has 5 nitrogen and oxygen atoms in total. The lowest BCUT2D eigenvalue weighted by Crippen LogP contribution is -2.58. The molecule has 0 atom stereocenters. The van der Waals surface area contributed by atoms with Crippen molar-refractivity contribution in [3.8, 4) is 22.4 Å². The first-order valence-electron chi connectivity index (χ1n) is 9.71. The summed E-state index contributed by atoms with van der Waals surface area (Å²) in [6, 6.07) is 20.0. The van der Waals surface area contributed by atoms with Crippen LogP contribution in [0.3, 0.4) is 0 Å². The molecule has 2 aromatic carbocycles. The average Bonchev–Trinajstić information content (AvgIpc) is 2.67. The Balaban J connectivity index is 1.72. The van der Waals surface area contributed by atoms with Gasteiger partial charge in [0.1, 0.15) is 0 Å². The van der Waals surface area contributed by atoms with E-state index in [1.807, 2.05) is 67.6 Å². The summed E-state index contributed by atoms with van der Waals surface area (Å²) in [5.74, 6) is -0.132. The monoisotopic (exact) mass is 387 g/mol. The molecule has 1 heterocycles. The van der Waals surface area contributed by atoms with Crippen molar-refractivity contribution in [2.75, 3.05) is 5.32 Å². The zero-order chi connectivity index (χ0) is 20.6. The van der Waals surface area contributed by atoms with Crippen molar-refractivity contribution in [1.29, 1.82) is 0 Å². The van der Waals surface area contributed by atoms with E-state index in [1.54, 1.807) is 6.20 Å². The van der Waals surface area contributed by atoms with E-state index in [0.29, 0.717) is 18.5 Å². The van der Waals surface area contributed by atoms with E-state index < -0.39 is 11.1 Å². The second-order valence-corrected chi connectivity index (χ2v) is 8.25. The Morgan fingerprint density at radius 3 is 2.31 bits per heavy atom. The fraction of sp³-hybridized carbons (Fsp3) is 0.250. The van der Waals surface area contributed by atoms with E-state index >= 15 is 0 Å². The Morgan fingerprint density at radius 1 is 1.07 bits per heavy atom. The molecule has 0 aliphatic heterocycles. The maximum atomic E-state index is 11.5. The minimum atomic E-state index is -0.686. The molecule has 4 N–H and O–H groups in total. The summed E-state index contributed by atoms with van der Waals surface area (Å²) in [5.41, 5.74) is 10.7. The summed E-state index contributed by atoms with van der Waals surface area (Å²) >= 11 is 0. The number of pyridine rings is 1. The SMILES string of the molecule is CC(=O)Nc1cnc(-c2ccc(C3(N)CC(C)(O)C3)cc2)c(-c2ccccc2)c1. The summed E-state index contributed by atoms with van der Waals surface area (Å²) in [4.78, 5) is 16.1. The number of anilines is 1. The summed E-state index contributed by atoms with van der Waals surface area (Å²) in [7, 11) is 0. The molecule has 4 rings (SSSR count). The minimum absolute atomic E-state index is 0.132. The van der Waals surface area contributed by atoms with Gasteiger partial charge in [-0.3, -0.25) is 9.78 Å². The van der Waals surface area contributed by atoms with Crippen LogP contribution in [0.1, 0.15) is 32.3 Å². The molecule has 0 radical (unpaired) electrons. The molecule has 3 aromatic rings. The zero-order valence-electron chi connectivity index (χ0n) is 16.6. The van der Waals surface area contributed by atoms with E-state index in [-0.39, 0.29) is 5.91 Å². The highest BCUT2D eigenvalue weighted by molar-refractivity contribution is 5.91. The van der Waals surface area contributed by atoms with Gasteiger partial charge in [-0.15, -0.1) is 0 Å². The molecule has 0 bridgehead atoms. The van der Waals surface area contributed by atoms with E-state index in [2.05, 4.69) is 10.3 Å². The highest BCUT2D eigenvalue weighted by Gasteiger charge is 2.49. The van der Waals surface area contributed by atoms with E-state index in [1.165, 1.54) is 6.92 Å². The first-order chi connectivity index (χ1) is 13.8. The van der Waals surface area contributed by atoms with Gasteiger partial charge in [0.15, 0.2) is 0 Å². The molecule has 0 spiro atoms. The number of carbonyl (C=O) groups excluding carboxylic acids is 1. The van der Waals surface area contributed by atoms with Crippen molar-refractivity contribution >= 4 is 11.6 Å². The fourth-order valence-electron chi connectivity index (χ4n) is 4.28. The number of aromatic nitrogens is 1. The minimum Gasteiger partial charge on any atom is -0.390 e. The standard InChI is InChI=1S/C24H25N3O2/c1-16(28)27-20-12-21(17-6-4-3-5-7-17)22(26-13-20)18-8-10-19(11-9-18)24(25)14-23(2,29)15-24/h3-13,29H,14-15,25H2,1-2H3,(H,27,28). The van der Waals surface area contributed by atoms with E-state index in [0.717, 1.165) is 27.9 Å². The normalized spacial score (nSPS) is 23.3. The number of carbonyl (C=O) groups is 1. The van der Waals surface area contributed by atoms with Crippen molar-refractivity contribution in [2.45, 2.75) is 37.8 Å². The van der Waals surface area contributed by atoms with Crippen LogP contribution in [0, 0.1) is 0 Å². The molecule has 1 aromatic heterocycles. The molecular formula is C24H25N3O2. The van der Waals surface area contributed by atoms with Crippen LogP contribution >= 0.6 is 0 Å². The lowest BCUT2D eigenvalue weighted by molar-refractivity contribution is -0.114. The highest BCUT2D eigenvalue weighted by Crippen LogP contribution is 2.46. The summed E-state index contributed by atoms with van der Waals surface area (Å²) < 4.78 is 0. The van der Waals surface area contributed by atoms with Gasteiger partial charge in [-0.1, -0.05) is 54.6 Å². The summed E-state index contributed by atoms with van der Waals surface area (Å²) in [6.07, 6.45) is 2.78. The molecule has 1 aliphatic rings. The van der Waals surface area contributed by atoms with Crippen LogP contribution in [0.25, 0.3) is 22.4 Å².